The molecule has 0 unspecified atom stereocenters. The van der Waals surface area contributed by atoms with Crippen molar-refractivity contribution >= 4 is 38.7 Å². The molecule has 2 aromatic carbocycles. The molecule has 0 radical (unpaired) electrons. The molecular weight excluding hydrogens is 498 g/mol. The second-order valence-electron chi connectivity index (χ2n) is 7.94. The monoisotopic (exact) mass is 523 g/mol. The van der Waals surface area contributed by atoms with Gasteiger partial charge in [-0.05, 0) is 49.6 Å². The molecular formula is C25H25N5O4S2. The van der Waals surface area contributed by atoms with Crippen LogP contribution in [0.3, 0.4) is 0 Å². The van der Waals surface area contributed by atoms with Crippen LogP contribution in [0.2, 0.25) is 0 Å². The van der Waals surface area contributed by atoms with Gasteiger partial charge in [-0.15, -0.1) is 11.3 Å². The van der Waals surface area contributed by atoms with Gasteiger partial charge in [0.1, 0.15) is 12.2 Å². The fourth-order valence-electron chi connectivity index (χ4n) is 3.70. The number of carbonyl (C=O) groups excluding carboxylic acids is 1. The standard InChI is InChI=1S/C25H25N5O4S2/c1-18(22-15-10-16-35-22)26-27-23(31)17-29(36(33,34)21-13-8-5-9-14-21)24-19(2)28(3)30(25(24)32)20-11-6-4-7-12-20/h4-16H,17H2,1-3H3,(H,27,31)/b26-18-. The first-order valence-electron chi connectivity index (χ1n) is 11.0. The van der Waals surface area contributed by atoms with Crippen molar-refractivity contribution in [1.82, 2.24) is 14.8 Å². The fraction of sp³-hybridized carbons (Fsp3) is 0.160. The minimum atomic E-state index is -4.26. The molecule has 0 spiro atoms. The smallest absolute Gasteiger partial charge is 0.283 e. The largest absolute Gasteiger partial charge is 0.296 e. The number of para-hydroxylation sites is 1. The van der Waals surface area contributed by atoms with Gasteiger partial charge < -0.3 is 0 Å². The molecule has 1 amide bonds. The Balaban J connectivity index is 1.78. The maximum absolute atomic E-state index is 13.7. The van der Waals surface area contributed by atoms with E-state index in [9.17, 15) is 18.0 Å². The van der Waals surface area contributed by atoms with Gasteiger partial charge in [-0.1, -0.05) is 42.5 Å². The Kier molecular flexibility index (Phi) is 7.22. The second-order valence-corrected chi connectivity index (χ2v) is 10.8. The molecule has 4 rings (SSSR count). The van der Waals surface area contributed by atoms with Gasteiger partial charge in [0, 0.05) is 11.9 Å². The number of hydrogen-bond donors (Lipinski definition) is 1. The number of hydrazone groups is 1. The summed E-state index contributed by atoms with van der Waals surface area (Å²) < 4.78 is 31.2. The molecule has 0 bridgehead atoms. The van der Waals surface area contributed by atoms with Crippen molar-refractivity contribution in [2.45, 2.75) is 18.7 Å². The summed E-state index contributed by atoms with van der Waals surface area (Å²) in [6, 6.07) is 20.3. The van der Waals surface area contributed by atoms with E-state index < -0.39 is 28.0 Å². The molecule has 0 atom stereocenters. The number of nitrogens with one attached hydrogen (secondary N) is 1. The summed E-state index contributed by atoms with van der Waals surface area (Å²) in [6.07, 6.45) is 0. The third-order valence-corrected chi connectivity index (χ3v) is 8.36. The van der Waals surface area contributed by atoms with Gasteiger partial charge in [0.2, 0.25) is 0 Å². The summed E-state index contributed by atoms with van der Waals surface area (Å²) >= 11 is 1.47. The molecule has 0 aliphatic carbocycles. The van der Waals surface area contributed by atoms with Gasteiger partial charge in [-0.2, -0.15) is 5.10 Å². The highest BCUT2D eigenvalue weighted by Crippen LogP contribution is 2.25. The summed E-state index contributed by atoms with van der Waals surface area (Å²) in [6.45, 7) is 2.75. The van der Waals surface area contributed by atoms with E-state index in [0.717, 1.165) is 9.18 Å². The van der Waals surface area contributed by atoms with E-state index in [1.54, 1.807) is 68.0 Å². The van der Waals surface area contributed by atoms with Crippen LogP contribution in [0.15, 0.2) is 93.0 Å². The van der Waals surface area contributed by atoms with Gasteiger partial charge in [-0.3, -0.25) is 14.3 Å². The maximum Gasteiger partial charge on any atom is 0.296 e. The number of anilines is 1. The Morgan fingerprint density at radius 1 is 1.03 bits per heavy atom. The van der Waals surface area contributed by atoms with Crippen LogP contribution in [0.5, 0.6) is 0 Å². The molecule has 36 heavy (non-hydrogen) atoms. The van der Waals surface area contributed by atoms with Crippen LogP contribution in [0, 0.1) is 6.92 Å². The molecule has 0 fully saturated rings. The third-order valence-electron chi connectivity index (χ3n) is 5.62. The number of carbonyl (C=O) groups is 1. The highest BCUT2D eigenvalue weighted by Gasteiger charge is 2.33. The molecule has 2 heterocycles. The summed E-state index contributed by atoms with van der Waals surface area (Å²) in [5, 5.41) is 5.99. The van der Waals surface area contributed by atoms with Gasteiger partial charge in [0.15, 0.2) is 0 Å². The Morgan fingerprint density at radius 3 is 2.28 bits per heavy atom. The number of hydrogen-bond acceptors (Lipinski definition) is 6. The molecule has 0 aliphatic rings. The van der Waals surface area contributed by atoms with Crippen LogP contribution in [-0.2, 0) is 21.9 Å². The van der Waals surface area contributed by atoms with E-state index in [4.69, 9.17) is 0 Å². The van der Waals surface area contributed by atoms with E-state index in [1.807, 2.05) is 23.6 Å². The summed E-state index contributed by atoms with van der Waals surface area (Å²) in [5.74, 6) is -0.681. The molecule has 9 nitrogen and oxygen atoms in total. The van der Waals surface area contributed by atoms with Crippen molar-refractivity contribution < 1.29 is 13.2 Å². The van der Waals surface area contributed by atoms with E-state index in [2.05, 4.69) is 10.5 Å². The van der Waals surface area contributed by atoms with Crippen molar-refractivity contribution in [3.05, 3.63) is 99.1 Å². The van der Waals surface area contributed by atoms with Crippen molar-refractivity contribution in [3.63, 3.8) is 0 Å². The summed E-state index contributed by atoms with van der Waals surface area (Å²) in [5.41, 5.74) is 3.28. The highest BCUT2D eigenvalue weighted by atomic mass is 32.2. The lowest BCUT2D eigenvalue weighted by atomic mass is 10.3. The lowest BCUT2D eigenvalue weighted by molar-refractivity contribution is -0.119. The average molecular weight is 524 g/mol. The van der Waals surface area contributed by atoms with E-state index in [-0.39, 0.29) is 10.6 Å². The summed E-state index contributed by atoms with van der Waals surface area (Å²) in [7, 11) is -2.60. The highest BCUT2D eigenvalue weighted by molar-refractivity contribution is 7.92. The van der Waals surface area contributed by atoms with Crippen molar-refractivity contribution in [3.8, 4) is 5.69 Å². The zero-order valence-electron chi connectivity index (χ0n) is 20.0. The predicted octanol–water partition coefficient (Wildman–Crippen LogP) is 3.28. The number of amides is 1. The van der Waals surface area contributed by atoms with Gasteiger partial charge in [0.25, 0.3) is 21.5 Å². The first-order valence-corrected chi connectivity index (χ1v) is 13.3. The number of rotatable bonds is 8. The Bertz CT molecular complexity index is 1560. The van der Waals surface area contributed by atoms with Crippen molar-refractivity contribution in [2.75, 3.05) is 10.8 Å². The first kappa shape index (κ1) is 25.1. The van der Waals surface area contributed by atoms with Gasteiger partial charge in [-0.25, -0.2) is 22.8 Å². The topological polar surface area (TPSA) is 106 Å². The third kappa shape index (κ3) is 4.88. The molecule has 2 aromatic heterocycles. The van der Waals surface area contributed by atoms with E-state index in [0.29, 0.717) is 17.1 Å². The minimum absolute atomic E-state index is 0.0371. The lowest BCUT2D eigenvalue weighted by Gasteiger charge is -2.22. The van der Waals surface area contributed by atoms with Crippen LogP contribution < -0.4 is 15.3 Å². The number of benzene rings is 2. The zero-order chi connectivity index (χ0) is 25.9. The Morgan fingerprint density at radius 2 is 1.67 bits per heavy atom. The SMILES string of the molecule is C/C(=N/NC(=O)CN(c1c(C)n(C)n(-c2ccccc2)c1=O)S(=O)(=O)c1ccccc1)c1cccs1. The molecule has 186 valence electrons. The Labute approximate surface area is 213 Å². The van der Waals surface area contributed by atoms with Crippen LogP contribution in [0.4, 0.5) is 5.69 Å². The number of sulfonamides is 1. The maximum atomic E-state index is 13.7. The van der Waals surface area contributed by atoms with Gasteiger partial charge >= 0.3 is 0 Å². The molecule has 1 N–H and O–H groups in total. The predicted molar refractivity (Wildman–Crippen MR) is 141 cm³/mol. The number of nitrogens with zero attached hydrogens (tertiary/aromatic N) is 4. The summed E-state index contributed by atoms with van der Waals surface area (Å²) in [4.78, 5) is 27.4. The molecule has 0 saturated heterocycles. The van der Waals surface area contributed by atoms with E-state index in [1.165, 1.54) is 28.2 Å². The van der Waals surface area contributed by atoms with Crippen LogP contribution >= 0.6 is 11.3 Å². The van der Waals surface area contributed by atoms with Crippen LogP contribution in [-0.4, -0.2) is 35.9 Å². The molecule has 0 saturated carbocycles. The quantitative estimate of drug-likeness (QED) is 0.283. The lowest BCUT2D eigenvalue weighted by Crippen LogP contribution is -2.42. The molecule has 0 aliphatic heterocycles. The molecule has 11 heteroatoms. The normalized spacial score (nSPS) is 11.9. The zero-order valence-corrected chi connectivity index (χ0v) is 21.6. The number of thiophene rings is 1. The second kappa shape index (κ2) is 10.3. The van der Waals surface area contributed by atoms with Crippen LogP contribution in [0.1, 0.15) is 17.5 Å². The van der Waals surface area contributed by atoms with E-state index >= 15 is 0 Å². The average Bonchev–Trinajstić information content (AvgIpc) is 3.49. The van der Waals surface area contributed by atoms with Crippen molar-refractivity contribution in [2.24, 2.45) is 12.1 Å². The Hall–Kier alpha value is -3.96. The fourth-order valence-corrected chi connectivity index (χ4v) is 5.87. The van der Waals surface area contributed by atoms with Gasteiger partial charge in [0.05, 0.1) is 22.0 Å². The van der Waals surface area contributed by atoms with Crippen LogP contribution in [0.25, 0.3) is 5.69 Å². The van der Waals surface area contributed by atoms with Crippen molar-refractivity contribution in [1.29, 1.82) is 0 Å². The number of aromatic nitrogens is 2. The first-order chi connectivity index (χ1) is 17.2. The molecule has 4 aromatic rings. The minimum Gasteiger partial charge on any atom is -0.283 e.